The lowest BCUT2D eigenvalue weighted by atomic mass is 9.44. The topological polar surface area (TPSA) is 17.1 Å². The molecule has 0 aromatic carbocycles. The molecule has 0 heterocycles. The molecule has 142 valence electrons. The molecule has 0 bridgehead atoms. The summed E-state index contributed by atoms with van der Waals surface area (Å²) in [7, 11) is 0. The number of ketones is 1. The number of hydrogen-bond acceptors (Lipinski definition) is 1. The maximum absolute atomic E-state index is 13.3. The van der Waals surface area contributed by atoms with Gasteiger partial charge in [-0.3, -0.25) is 4.79 Å². The van der Waals surface area contributed by atoms with Gasteiger partial charge in [-0.1, -0.05) is 53.4 Å². The van der Waals surface area contributed by atoms with Crippen molar-refractivity contribution in [3.63, 3.8) is 0 Å². The first-order chi connectivity index (χ1) is 11.9. The lowest BCUT2D eigenvalue weighted by Crippen LogP contribution is -2.56. The molecule has 0 amide bonds. The molecule has 0 aromatic rings. The summed E-state index contributed by atoms with van der Waals surface area (Å²) in [6.07, 6.45) is 14.5. The molecule has 1 heteroatoms. The molecule has 0 saturated heterocycles. The highest BCUT2D eigenvalue weighted by Crippen LogP contribution is 2.67. The summed E-state index contributed by atoms with van der Waals surface area (Å²) in [6.45, 7) is 9.99. The Morgan fingerprint density at radius 3 is 2.52 bits per heavy atom. The van der Waals surface area contributed by atoms with Crippen LogP contribution in [0.4, 0.5) is 0 Å². The molecule has 0 N–H and O–H groups in total. The quantitative estimate of drug-likeness (QED) is 0.560. The van der Waals surface area contributed by atoms with Crippen LogP contribution in [0.3, 0.4) is 0 Å². The van der Waals surface area contributed by atoms with Gasteiger partial charge in [0.05, 0.1) is 0 Å². The van der Waals surface area contributed by atoms with E-state index in [1.165, 1.54) is 64.2 Å². The van der Waals surface area contributed by atoms with Crippen molar-refractivity contribution in [2.45, 2.75) is 98.3 Å². The van der Waals surface area contributed by atoms with Crippen LogP contribution in [0.15, 0.2) is 0 Å². The van der Waals surface area contributed by atoms with Crippen LogP contribution in [0.2, 0.25) is 0 Å². The van der Waals surface area contributed by atoms with Crippen molar-refractivity contribution < 1.29 is 4.79 Å². The molecule has 4 aliphatic carbocycles. The Hall–Kier alpha value is -0.330. The Labute approximate surface area is 155 Å². The molecular formula is C24H40O. The summed E-state index contributed by atoms with van der Waals surface area (Å²) in [5.74, 6) is 4.90. The molecule has 4 rings (SSSR count). The Morgan fingerprint density at radius 2 is 1.76 bits per heavy atom. The van der Waals surface area contributed by atoms with Crippen molar-refractivity contribution in [1.29, 1.82) is 0 Å². The highest BCUT2D eigenvalue weighted by atomic mass is 16.1. The monoisotopic (exact) mass is 344 g/mol. The Kier molecular flexibility index (Phi) is 4.61. The first-order valence-corrected chi connectivity index (χ1v) is 11.4. The molecule has 8 atom stereocenters. The van der Waals surface area contributed by atoms with Crippen molar-refractivity contribution >= 4 is 5.78 Å². The minimum absolute atomic E-state index is 0.414. The molecule has 0 radical (unpaired) electrons. The largest absolute Gasteiger partial charge is 0.299 e. The zero-order valence-electron chi connectivity index (χ0n) is 17.2. The summed E-state index contributed by atoms with van der Waals surface area (Å²) in [5.41, 5.74) is 0.925. The van der Waals surface area contributed by atoms with Crippen molar-refractivity contribution in [2.24, 2.45) is 46.3 Å². The van der Waals surface area contributed by atoms with Crippen LogP contribution in [0.5, 0.6) is 0 Å². The predicted octanol–water partition coefficient (Wildman–Crippen LogP) is 6.65. The number of rotatable bonds is 3. The standard InChI is InChI=1S/C24H40O/c1-5-8-16(2)18-10-11-19-22-20(12-14-24(18,19)4)23(3)13-7-6-9-17(23)15-21(22)25/h16-20,22H,5-15H2,1-4H3/t16-,17?,18?,19?,20?,22?,23?,24?/m1/s1. The van der Waals surface area contributed by atoms with Gasteiger partial charge < -0.3 is 0 Å². The molecule has 0 aliphatic heterocycles. The zero-order chi connectivity index (χ0) is 17.8. The van der Waals surface area contributed by atoms with Gasteiger partial charge in [0.1, 0.15) is 5.78 Å². The van der Waals surface area contributed by atoms with Gasteiger partial charge in [-0.05, 0) is 78.9 Å². The summed E-state index contributed by atoms with van der Waals surface area (Å²) < 4.78 is 0. The summed E-state index contributed by atoms with van der Waals surface area (Å²) in [5, 5.41) is 0. The van der Waals surface area contributed by atoms with Crippen LogP contribution >= 0.6 is 0 Å². The van der Waals surface area contributed by atoms with E-state index in [-0.39, 0.29) is 0 Å². The maximum Gasteiger partial charge on any atom is 0.136 e. The summed E-state index contributed by atoms with van der Waals surface area (Å²) >= 11 is 0. The van der Waals surface area contributed by atoms with Crippen LogP contribution in [-0.2, 0) is 4.79 Å². The zero-order valence-corrected chi connectivity index (χ0v) is 17.2. The van der Waals surface area contributed by atoms with Gasteiger partial charge in [-0.15, -0.1) is 0 Å². The van der Waals surface area contributed by atoms with Crippen LogP contribution < -0.4 is 0 Å². The molecule has 4 saturated carbocycles. The molecule has 0 spiro atoms. The van der Waals surface area contributed by atoms with Crippen molar-refractivity contribution in [1.82, 2.24) is 0 Å². The van der Waals surface area contributed by atoms with Crippen molar-refractivity contribution in [3.8, 4) is 0 Å². The Bertz CT molecular complexity index is 524. The van der Waals surface area contributed by atoms with Gasteiger partial charge >= 0.3 is 0 Å². The van der Waals surface area contributed by atoms with Gasteiger partial charge in [-0.2, -0.15) is 0 Å². The number of carbonyl (C=O) groups excluding carboxylic acids is 1. The van der Waals surface area contributed by atoms with E-state index in [0.717, 1.165) is 18.3 Å². The number of hydrogen-bond donors (Lipinski definition) is 0. The fraction of sp³-hybridized carbons (Fsp3) is 0.958. The van der Waals surface area contributed by atoms with Gasteiger partial charge in [0.15, 0.2) is 0 Å². The van der Waals surface area contributed by atoms with Crippen molar-refractivity contribution in [2.75, 3.05) is 0 Å². The van der Waals surface area contributed by atoms with Crippen LogP contribution in [0.25, 0.3) is 0 Å². The highest BCUT2D eigenvalue weighted by Gasteiger charge is 2.62. The third kappa shape index (κ3) is 2.58. The SMILES string of the molecule is CCC[C@@H](C)C1CCC2C3C(=O)CC4CCCCC4(C)C3CCC21C. The van der Waals surface area contributed by atoms with Gasteiger partial charge in [0, 0.05) is 12.3 Å². The first-order valence-electron chi connectivity index (χ1n) is 11.4. The summed E-state index contributed by atoms with van der Waals surface area (Å²) in [6, 6.07) is 0. The van der Waals surface area contributed by atoms with E-state index in [1.54, 1.807) is 0 Å². The predicted molar refractivity (Wildman–Crippen MR) is 104 cm³/mol. The fourth-order valence-corrected chi connectivity index (χ4v) is 8.59. The van der Waals surface area contributed by atoms with Crippen LogP contribution in [0.1, 0.15) is 98.3 Å². The van der Waals surface area contributed by atoms with Crippen molar-refractivity contribution in [3.05, 3.63) is 0 Å². The van der Waals surface area contributed by atoms with Crippen LogP contribution in [-0.4, -0.2) is 5.78 Å². The fourth-order valence-electron chi connectivity index (χ4n) is 8.59. The second-order valence-corrected chi connectivity index (χ2v) is 10.9. The Morgan fingerprint density at radius 1 is 1.00 bits per heavy atom. The van der Waals surface area contributed by atoms with E-state index in [9.17, 15) is 4.79 Å². The number of carbonyl (C=O) groups is 1. The first kappa shape index (κ1) is 18.1. The molecular weight excluding hydrogens is 304 g/mol. The minimum Gasteiger partial charge on any atom is -0.299 e. The highest BCUT2D eigenvalue weighted by molar-refractivity contribution is 5.83. The van der Waals surface area contributed by atoms with E-state index >= 15 is 0 Å². The average Bonchev–Trinajstić information content (AvgIpc) is 2.93. The maximum atomic E-state index is 13.3. The van der Waals surface area contributed by atoms with E-state index in [4.69, 9.17) is 0 Å². The smallest absolute Gasteiger partial charge is 0.136 e. The van der Waals surface area contributed by atoms with Gasteiger partial charge in [-0.25, -0.2) is 0 Å². The number of Topliss-reactive ketones (excluding diaryl/α,β-unsaturated/α-hetero) is 1. The molecule has 4 fully saturated rings. The van der Waals surface area contributed by atoms with E-state index in [1.807, 2.05) is 0 Å². The molecule has 1 nitrogen and oxygen atoms in total. The summed E-state index contributed by atoms with van der Waals surface area (Å²) in [4.78, 5) is 13.3. The lowest BCUT2D eigenvalue weighted by Gasteiger charge is -2.60. The van der Waals surface area contributed by atoms with Gasteiger partial charge in [0.2, 0.25) is 0 Å². The molecule has 4 aliphatic rings. The second kappa shape index (κ2) is 6.38. The molecule has 7 unspecified atom stereocenters. The van der Waals surface area contributed by atoms with E-state index in [2.05, 4.69) is 27.7 Å². The normalized spacial score (nSPS) is 50.7. The average molecular weight is 345 g/mol. The third-order valence-corrected chi connectivity index (χ3v) is 9.89. The molecule has 25 heavy (non-hydrogen) atoms. The minimum atomic E-state index is 0.414. The molecule has 0 aromatic heterocycles. The third-order valence-electron chi connectivity index (χ3n) is 9.89. The lowest BCUT2D eigenvalue weighted by molar-refractivity contribution is -0.156. The Balaban J connectivity index is 1.63. The van der Waals surface area contributed by atoms with Gasteiger partial charge in [0.25, 0.3) is 0 Å². The van der Waals surface area contributed by atoms with Crippen LogP contribution in [0, 0.1) is 46.3 Å². The number of fused-ring (bicyclic) bond motifs is 5. The second-order valence-electron chi connectivity index (χ2n) is 10.9. The van der Waals surface area contributed by atoms with E-state index in [0.29, 0.717) is 40.3 Å². The van der Waals surface area contributed by atoms with E-state index < -0.39 is 0 Å².